The molecule has 5 rings (SSSR count). The van der Waals surface area contributed by atoms with Gasteiger partial charge in [-0.25, -0.2) is 4.98 Å². The molecule has 5 heteroatoms. The van der Waals surface area contributed by atoms with Gasteiger partial charge < -0.3 is 0 Å². The van der Waals surface area contributed by atoms with Gasteiger partial charge in [0.05, 0.1) is 16.1 Å². The number of nitrogens with zero attached hydrogens (tertiary/aromatic N) is 2. The van der Waals surface area contributed by atoms with Crippen LogP contribution >= 0.6 is 22.7 Å². The number of aromatic nitrogens is 2. The van der Waals surface area contributed by atoms with Gasteiger partial charge in [0.25, 0.3) is 0 Å². The molecule has 0 fully saturated rings. The van der Waals surface area contributed by atoms with E-state index in [0.717, 1.165) is 26.7 Å². The minimum absolute atomic E-state index is 0.123. The number of ketones is 1. The highest BCUT2D eigenvalue weighted by molar-refractivity contribution is 7.13. The summed E-state index contributed by atoms with van der Waals surface area (Å²) in [6, 6.07) is 22.6. The second kappa shape index (κ2) is 7.70. The second-order valence-electron chi connectivity index (χ2n) is 6.77. The monoisotopic (exact) mass is 413 g/mol. The average molecular weight is 414 g/mol. The normalized spacial score (nSPS) is 11.0. The molecule has 3 aromatic heterocycles. The molecule has 0 aliphatic rings. The number of hydrogen-bond donors (Lipinski definition) is 0. The number of rotatable bonds is 5. The lowest BCUT2D eigenvalue weighted by Crippen LogP contribution is -2.37. The maximum absolute atomic E-state index is 12.4. The Labute approximate surface area is 176 Å². The maximum Gasteiger partial charge on any atom is 0.237 e. The Morgan fingerprint density at radius 3 is 2.66 bits per heavy atom. The van der Waals surface area contributed by atoms with Crippen LogP contribution in [0.25, 0.3) is 32.6 Å². The molecule has 0 aliphatic heterocycles. The first kappa shape index (κ1) is 17.9. The van der Waals surface area contributed by atoms with Crippen LogP contribution in [0, 0.1) is 0 Å². The molecule has 0 radical (unpaired) electrons. The highest BCUT2D eigenvalue weighted by atomic mass is 32.1. The van der Waals surface area contributed by atoms with Gasteiger partial charge in [0.2, 0.25) is 12.3 Å². The number of Topliss-reactive ketones (excluding diaryl/α,β-unsaturated/α-hetero) is 1. The molecule has 0 bridgehead atoms. The Kier molecular flexibility index (Phi) is 4.76. The smallest absolute Gasteiger partial charge is 0.237 e. The van der Waals surface area contributed by atoms with Crippen LogP contribution in [-0.4, -0.2) is 10.8 Å². The number of benzene rings is 2. The van der Waals surface area contributed by atoms with Crippen molar-refractivity contribution >= 4 is 39.2 Å². The lowest BCUT2D eigenvalue weighted by Gasteiger charge is -2.01. The van der Waals surface area contributed by atoms with E-state index < -0.39 is 0 Å². The van der Waals surface area contributed by atoms with Gasteiger partial charge in [0.15, 0.2) is 12.4 Å². The van der Waals surface area contributed by atoms with Crippen molar-refractivity contribution in [1.29, 1.82) is 0 Å². The molecule has 5 aromatic rings. The molecule has 3 heterocycles. The van der Waals surface area contributed by atoms with E-state index in [1.165, 1.54) is 22.1 Å². The highest BCUT2D eigenvalue weighted by Gasteiger charge is 2.15. The van der Waals surface area contributed by atoms with Crippen LogP contribution in [0.4, 0.5) is 0 Å². The molecule has 0 spiro atoms. The molecule has 0 amide bonds. The number of carbonyl (C=O) groups excluding carboxylic acids is 1. The predicted molar refractivity (Wildman–Crippen MR) is 119 cm³/mol. The zero-order chi connectivity index (χ0) is 19.6. The molecule has 0 aliphatic carbocycles. The van der Waals surface area contributed by atoms with Crippen molar-refractivity contribution in [2.24, 2.45) is 0 Å². The zero-order valence-corrected chi connectivity index (χ0v) is 17.1. The van der Waals surface area contributed by atoms with Gasteiger partial charge in [-0.1, -0.05) is 42.5 Å². The summed E-state index contributed by atoms with van der Waals surface area (Å²) in [6.45, 7) is 0.331. The molecule has 0 unspecified atom stereocenters. The van der Waals surface area contributed by atoms with Crippen molar-refractivity contribution in [2.75, 3.05) is 0 Å². The van der Waals surface area contributed by atoms with Gasteiger partial charge in [0, 0.05) is 17.0 Å². The Bertz CT molecular complexity index is 1310. The minimum atomic E-state index is 0.123. The number of hydrogen-bond acceptors (Lipinski definition) is 4. The molecule has 140 valence electrons. The van der Waals surface area contributed by atoms with Crippen LogP contribution in [0.3, 0.4) is 0 Å². The minimum Gasteiger partial charge on any atom is -0.286 e. The fourth-order valence-corrected chi connectivity index (χ4v) is 4.79. The van der Waals surface area contributed by atoms with Crippen LogP contribution in [0.1, 0.15) is 9.67 Å². The molecule has 3 nitrogen and oxygen atoms in total. The van der Waals surface area contributed by atoms with E-state index in [0.29, 0.717) is 6.54 Å². The van der Waals surface area contributed by atoms with E-state index in [2.05, 4.69) is 47.8 Å². The summed E-state index contributed by atoms with van der Waals surface area (Å²) < 4.78 is 1.93. The van der Waals surface area contributed by atoms with Crippen LogP contribution in [0.2, 0.25) is 0 Å². The lowest BCUT2D eigenvalue weighted by molar-refractivity contribution is -0.682. The third-order valence-electron chi connectivity index (χ3n) is 4.78. The van der Waals surface area contributed by atoms with E-state index in [1.54, 1.807) is 11.3 Å². The molecule has 0 N–H and O–H groups in total. The zero-order valence-electron chi connectivity index (χ0n) is 15.5. The van der Waals surface area contributed by atoms with E-state index in [-0.39, 0.29) is 5.78 Å². The third kappa shape index (κ3) is 3.75. The maximum atomic E-state index is 12.4. The number of fused-ring (bicyclic) bond motifs is 1. The van der Waals surface area contributed by atoms with Crippen molar-refractivity contribution in [3.05, 3.63) is 94.8 Å². The van der Waals surface area contributed by atoms with E-state index in [4.69, 9.17) is 4.98 Å². The summed E-state index contributed by atoms with van der Waals surface area (Å²) in [4.78, 5) is 18.0. The van der Waals surface area contributed by atoms with Gasteiger partial charge >= 0.3 is 0 Å². The van der Waals surface area contributed by atoms with Gasteiger partial charge in [-0.15, -0.1) is 22.7 Å². The van der Waals surface area contributed by atoms with Crippen molar-refractivity contribution < 1.29 is 9.36 Å². The van der Waals surface area contributed by atoms with Gasteiger partial charge in [0.1, 0.15) is 5.01 Å². The van der Waals surface area contributed by atoms with Crippen molar-refractivity contribution in [1.82, 2.24) is 4.98 Å². The Morgan fingerprint density at radius 1 is 0.897 bits per heavy atom. The Morgan fingerprint density at radius 2 is 1.79 bits per heavy atom. The second-order valence-corrected chi connectivity index (χ2v) is 8.57. The molecular weight excluding hydrogens is 396 g/mol. The highest BCUT2D eigenvalue weighted by Crippen LogP contribution is 2.30. The number of thiazole rings is 1. The van der Waals surface area contributed by atoms with Crippen LogP contribution in [0.5, 0.6) is 0 Å². The Hall–Kier alpha value is -3.15. The summed E-state index contributed by atoms with van der Waals surface area (Å²) in [6.07, 6.45) is 3.92. The number of thiophene rings is 1. The number of carbonyl (C=O) groups is 1. The summed E-state index contributed by atoms with van der Waals surface area (Å²) in [5, 5.41) is 7.41. The predicted octanol–water partition coefficient (Wildman–Crippen LogP) is 5.86. The van der Waals surface area contributed by atoms with Crippen molar-refractivity contribution in [2.45, 2.75) is 6.54 Å². The number of pyridine rings is 1. The van der Waals surface area contributed by atoms with Crippen LogP contribution in [-0.2, 0) is 6.54 Å². The molecule has 2 aromatic carbocycles. The summed E-state index contributed by atoms with van der Waals surface area (Å²) in [5.74, 6) is 0.123. The largest absolute Gasteiger partial charge is 0.286 e. The van der Waals surface area contributed by atoms with E-state index in [1.807, 2.05) is 46.6 Å². The molecule has 0 saturated heterocycles. The fraction of sp³-hybridized carbons (Fsp3) is 0.0417. The van der Waals surface area contributed by atoms with E-state index in [9.17, 15) is 4.79 Å². The van der Waals surface area contributed by atoms with Gasteiger partial charge in [-0.2, -0.15) is 4.57 Å². The summed E-state index contributed by atoms with van der Waals surface area (Å²) >= 11 is 3.10. The summed E-state index contributed by atoms with van der Waals surface area (Å²) in [5.41, 5.74) is 3.10. The quantitative estimate of drug-likeness (QED) is 0.267. The fourth-order valence-electron chi connectivity index (χ4n) is 3.32. The molecule has 0 saturated carbocycles. The molecule has 0 atom stereocenters. The SMILES string of the molecule is O=C(C[n+]1cccc(-c2nc(-c3ccc4ccccc4c3)cs2)c1)c1cccs1. The standard InChI is InChI=1S/C24H17N2OS2/c27-22(23-8-4-12-28-23)15-26-11-3-7-20(14-26)24-25-21(16-29-24)19-10-9-17-5-1-2-6-18(17)13-19/h1-14,16H,15H2/q+1. The topological polar surface area (TPSA) is 33.8 Å². The first-order valence-electron chi connectivity index (χ1n) is 9.27. The summed E-state index contributed by atoms with van der Waals surface area (Å²) in [7, 11) is 0. The van der Waals surface area contributed by atoms with Gasteiger partial charge in [-0.05, 0) is 34.4 Å². The van der Waals surface area contributed by atoms with Gasteiger partial charge in [-0.3, -0.25) is 4.79 Å². The molecular formula is C24H17N2OS2+. The van der Waals surface area contributed by atoms with E-state index >= 15 is 0 Å². The average Bonchev–Trinajstić information content (AvgIpc) is 3.46. The van der Waals surface area contributed by atoms with Crippen LogP contribution < -0.4 is 4.57 Å². The third-order valence-corrected chi connectivity index (χ3v) is 6.58. The lowest BCUT2D eigenvalue weighted by atomic mass is 10.1. The Balaban J connectivity index is 1.42. The first-order valence-corrected chi connectivity index (χ1v) is 11.0. The first-order chi connectivity index (χ1) is 14.3. The van der Waals surface area contributed by atoms with Crippen molar-refractivity contribution in [3.63, 3.8) is 0 Å². The van der Waals surface area contributed by atoms with Crippen LogP contribution in [0.15, 0.2) is 89.9 Å². The molecule has 29 heavy (non-hydrogen) atoms. The van der Waals surface area contributed by atoms with Crippen molar-refractivity contribution in [3.8, 4) is 21.8 Å².